The van der Waals surface area contributed by atoms with E-state index in [2.05, 4.69) is 15.4 Å². The van der Waals surface area contributed by atoms with Crippen molar-refractivity contribution in [1.29, 1.82) is 0 Å². The van der Waals surface area contributed by atoms with Gasteiger partial charge in [0.15, 0.2) is 5.69 Å². The van der Waals surface area contributed by atoms with Gasteiger partial charge in [0.2, 0.25) is 0 Å². The monoisotopic (exact) mass is 243 g/mol. The highest BCUT2D eigenvalue weighted by molar-refractivity contribution is 5.97. The van der Waals surface area contributed by atoms with Crippen LogP contribution in [0, 0.1) is 0 Å². The van der Waals surface area contributed by atoms with Crippen molar-refractivity contribution in [2.45, 2.75) is 18.9 Å². The van der Waals surface area contributed by atoms with Gasteiger partial charge < -0.3 is 11.1 Å². The summed E-state index contributed by atoms with van der Waals surface area (Å²) in [4.78, 5) is 15.9. The zero-order chi connectivity index (χ0) is 12.5. The Bertz CT molecular complexity index is 573. The van der Waals surface area contributed by atoms with Gasteiger partial charge in [0.05, 0.1) is 23.8 Å². The molecule has 2 heterocycles. The number of pyridine rings is 1. The van der Waals surface area contributed by atoms with E-state index < -0.39 is 0 Å². The van der Waals surface area contributed by atoms with Crippen molar-refractivity contribution in [3.8, 4) is 5.69 Å². The fraction of sp³-hybridized carbons (Fsp3) is 0.250. The molecule has 0 unspecified atom stereocenters. The van der Waals surface area contributed by atoms with E-state index in [9.17, 15) is 4.79 Å². The van der Waals surface area contributed by atoms with Gasteiger partial charge in [-0.15, -0.1) is 0 Å². The highest BCUT2D eigenvalue weighted by Crippen LogP contribution is 2.20. The molecule has 6 heteroatoms. The molecular formula is C12H13N5O. The highest BCUT2D eigenvalue weighted by atomic mass is 16.2. The van der Waals surface area contributed by atoms with E-state index in [0.717, 1.165) is 18.5 Å². The molecule has 0 radical (unpaired) electrons. The van der Waals surface area contributed by atoms with Crippen LogP contribution in [0.3, 0.4) is 0 Å². The number of anilines is 1. The molecule has 0 aromatic carbocycles. The average Bonchev–Trinajstić information content (AvgIpc) is 3.10. The second-order valence-corrected chi connectivity index (χ2v) is 4.34. The number of carbonyl (C=O) groups is 1. The van der Waals surface area contributed by atoms with Crippen molar-refractivity contribution < 1.29 is 4.79 Å². The predicted molar refractivity (Wildman–Crippen MR) is 66.3 cm³/mol. The van der Waals surface area contributed by atoms with E-state index in [1.165, 1.54) is 0 Å². The van der Waals surface area contributed by atoms with Crippen molar-refractivity contribution in [2.75, 3.05) is 5.73 Å². The van der Waals surface area contributed by atoms with Crippen molar-refractivity contribution in [3.05, 3.63) is 36.4 Å². The van der Waals surface area contributed by atoms with Gasteiger partial charge in [0.1, 0.15) is 0 Å². The van der Waals surface area contributed by atoms with Gasteiger partial charge in [-0.2, -0.15) is 5.10 Å². The van der Waals surface area contributed by atoms with Crippen LogP contribution in [0.15, 0.2) is 30.7 Å². The summed E-state index contributed by atoms with van der Waals surface area (Å²) in [6, 6.07) is 3.94. The Hall–Kier alpha value is -2.37. The second kappa shape index (κ2) is 4.14. The molecule has 3 N–H and O–H groups in total. The summed E-state index contributed by atoms with van der Waals surface area (Å²) >= 11 is 0. The van der Waals surface area contributed by atoms with E-state index in [0.29, 0.717) is 11.7 Å². The average molecular weight is 243 g/mol. The molecule has 6 nitrogen and oxygen atoms in total. The number of nitrogens with one attached hydrogen (secondary N) is 1. The number of hydrogen-bond donors (Lipinski definition) is 2. The van der Waals surface area contributed by atoms with Gasteiger partial charge in [-0.05, 0) is 25.0 Å². The fourth-order valence-electron chi connectivity index (χ4n) is 1.67. The van der Waals surface area contributed by atoms with Crippen LogP contribution in [0.25, 0.3) is 5.69 Å². The number of carbonyl (C=O) groups excluding carboxylic acids is 1. The quantitative estimate of drug-likeness (QED) is 0.832. The molecule has 3 rings (SSSR count). The molecule has 1 aliphatic rings. The topological polar surface area (TPSA) is 85.8 Å². The van der Waals surface area contributed by atoms with Crippen LogP contribution in [0.2, 0.25) is 0 Å². The first kappa shape index (κ1) is 10.8. The summed E-state index contributed by atoms with van der Waals surface area (Å²) in [7, 11) is 0. The Morgan fingerprint density at radius 1 is 1.50 bits per heavy atom. The Morgan fingerprint density at radius 3 is 3.00 bits per heavy atom. The number of nitrogens with two attached hydrogens (primary N) is 1. The Morgan fingerprint density at radius 2 is 2.33 bits per heavy atom. The molecule has 92 valence electrons. The summed E-state index contributed by atoms with van der Waals surface area (Å²) in [5.41, 5.74) is 7.23. The molecule has 18 heavy (non-hydrogen) atoms. The lowest BCUT2D eigenvalue weighted by atomic mass is 10.3. The van der Waals surface area contributed by atoms with E-state index in [4.69, 9.17) is 5.73 Å². The minimum atomic E-state index is -0.211. The maximum absolute atomic E-state index is 11.9. The van der Waals surface area contributed by atoms with Crippen LogP contribution >= 0.6 is 0 Å². The Labute approximate surface area is 104 Å². The number of nitrogen functional groups attached to an aromatic ring is 1. The maximum atomic E-state index is 11.9. The second-order valence-electron chi connectivity index (χ2n) is 4.34. The van der Waals surface area contributed by atoms with Gasteiger partial charge in [0, 0.05) is 12.2 Å². The van der Waals surface area contributed by atoms with Crippen molar-refractivity contribution in [2.24, 2.45) is 0 Å². The number of aromatic nitrogens is 3. The summed E-state index contributed by atoms with van der Waals surface area (Å²) in [6.07, 6.45) is 7.04. The number of amides is 1. The molecule has 1 amide bonds. The molecule has 2 aromatic rings. The minimum Gasteiger partial charge on any atom is -0.396 e. The lowest BCUT2D eigenvalue weighted by Crippen LogP contribution is -2.26. The molecule has 0 saturated heterocycles. The molecule has 2 aromatic heterocycles. The molecule has 0 spiro atoms. The minimum absolute atomic E-state index is 0.211. The standard InChI is InChI=1S/C12H13N5O/c13-10-7-17(9-2-1-5-14-6-9)16-11(10)12(18)15-8-3-4-8/h1-2,5-8H,3-4,13H2,(H,15,18). The predicted octanol–water partition coefficient (Wildman–Crippen LogP) is 0.742. The summed E-state index contributed by atoms with van der Waals surface area (Å²) in [6.45, 7) is 0. The molecule has 1 fully saturated rings. The zero-order valence-electron chi connectivity index (χ0n) is 9.71. The van der Waals surface area contributed by atoms with Gasteiger partial charge in [0.25, 0.3) is 5.91 Å². The van der Waals surface area contributed by atoms with Crippen LogP contribution < -0.4 is 11.1 Å². The molecule has 1 aliphatic carbocycles. The largest absolute Gasteiger partial charge is 0.396 e. The van der Waals surface area contributed by atoms with Crippen molar-refractivity contribution in [1.82, 2.24) is 20.1 Å². The van der Waals surface area contributed by atoms with Crippen molar-refractivity contribution in [3.63, 3.8) is 0 Å². The maximum Gasteiger partial charge on any atom is 0.274 e. The Balaban J connectivity index is 1.88. The van der Waals surface area contributed by atoms with E-state index in [-0.39, 0.29) is 11.6 Å². The third-order valence-electron chi connectivity index (χ3n) is 2.78. The highest BCUT2D eigenvalue weighted by Gasteiger charge is 2.26. The first-order valence-electron chi connectivity index (χ1n) is 5.80. The van der Waals surface area contributed by atoms with E-state index in [1.54, 1.807) is 29.3 Å². The van der Waals surface area contributed by atoms with Crippen LogP contribution in [0.1, 0.15) is 23.3 Å². The first-order valence-corrected chi connectivity index (χ1v) is 5.80. The Kier molecular flexibility index (Phi) is 2.47. The van der Waals surface area contributed by atoms with E-state index in [1.807, 2.05) is 6.07 Å². The number of rotatable bonds is 3. The lowest BCUT2D eigenvalue weighted by Gasteiger charge is -2.00. The van der Waals surface area contributed by atoms with E-state index >= 15 is 0 Å². The summed E-state index contributed by atoms with van der Waals surface area (Å²) < 4.78 is 1.56. The van der Waals surface area contributed by atoms with Crippen molar-refractivity contribution >= 4 is 11.6 Å². The molecule has 0 bridgehead atoms. The van der Waals surface area contributed by atoms with Gasteiger partial charge in [-0.25, -0.2) is 4.68 Å². The SMILES string of the molecule is Nc1cn(-c2cccnc2)nc1C(=O)NC1CC1. The summed E-state index contributed by atoms with van der Waals surface area (Å²) in [5.74, 6) is -0.211. The van der Waals surface area contributed by atoms with Crippen LogP contribution in [-0.4, -0.2) is 26.7 Å². The molecule has 0 aliphatic heterocycles. The summed E-state index contributed by atoms with van der Waals surface area (Å²) in [5, 5.41) is 7.07. The fourth-order valence-corrected chi connectivity index (χ4v) is 1.67. The lowest BCUT2D eigenvalue weighted by molar-refractivity contribution is 0.0946. The molecule has 1 saturated carbocycles. The van der Waals surface area contributed by atoms with Crippen LogP contribution in [0.5, 0.6) is 0 Å². The third kappa shape index (κ3) is 2.04. The zero-order valence-corrected chi connectivity index (χ0v) is 9.71. The molecule has 0 atom stereocenters. The van der Waals surface area contributed by atoms with Crippen LogP contribution in [-0.2, 0) is 0 Å². The first-order chi connectivity index (χ1) is 8.74. The molecular weight excluding hydrogens is 230 g/mol. The third-order valence-corrected chi connectivity index (χ3v) is 2.78. The van der Waals surface area contributed by atoms with Crippen LogP contribution in [0.4, 0.5) is 5.69 Å². The smallest absolute Gasteiger partial charge is 0.274 e. The normalized spacial score (nSPS) is 14.4. The number of hydrogen-bond acceptors (Lipinski definition) is 4. The van der Waals surface area contributed by atoms with Gasteiger partial charge in [-0.3, -0.25) is 9.78 Å². The number of nitrogens with zero attached hydrogens (tertiary/aromatic N) is 3. The van der Waals surface area contributed by atoms with Gasteiger partial charge >= 0.3 is 0 Å². The van der Waals surface area contributed by atoms with Gasteiger partial charge in [-0.1, -0.05) is 0 Å².